The first-order valence-corrected chi connectivity index (χ1v) is 7.86. The van der Waals surface area contributed by atoms with Gasteiger partial charge in [-0.25, -0.2) is 4.68 Å². The second-order valence-corrected chi connectivity index (χ2v) is 6.15. The maximum atomic E-state index is 12.1. The van der Waals surface area contributed by atoms with Crippen LogP contribution in [0.2, 0.25) is 0 Å². The van der Waals surface area contributed by atoms with Crippen LogP contribution in [0.4, 0.5) is 5.69 Å². The highest BCUT2D eigenvalue weighted by atomic mass is 16.1. The Morgan fingerprint density at radius 3 is 2.67 bits per heavy atom. The minimum atomic E-state index is -0.192. The first-order valence-electron chi connectivity index (χ1n) is 7.86. The van der Waals surface area contributed by atoms with Gasteiger partial charge >= 0.3 is 0 Å². The van der Waals surface area contributed by atoms with Gasteiger partial charge in [-0.1, -0.05) is 20.8 Å². The number of carbonyl (C=O) groups is 1. The van der Waals surface area contributed by atoms with Gasteiger partial charge in [0.2, 0.25) is 0 Å². The maximum absolute atomic E-state index is 12.1. The number of anilines is 1. The molecule has 0 amide bonds. The van der Waals surface area contributed by atoms with Gasteiger partial charge in [0.1, 0.15) is 6.54 Å². The number of rotatable bonds is 5. The summed E-state index contributed by atoms with van der Waals surface area (Å²) in [5.74, 6) is 0.788. The molecule has 0 radical (unpaired) electrons. The van der Waals surface area contributed by atoms with Crippen molar-refractivity contribution in [1.29, 1.82) is 0 Å². The molecule has 1 atom stereocenters. The van der Waals surface area contributed by atoms with E-state index < -0.39 is 0 Å². The Morgan fingerprint density at radius 1 is 1.43 bits per heavy atom. The number of ketones is 1. The van der Waals surface area contributed by atoms with Crippen molar-refractivity contribution in [3.05, 3.63) is 22.6 Å². The zero-order chi connectivity index (χ0) is 15.4. The summed E-state index contributed by atoms with van der Waals surface area (Å²) in [5.41, 5.74) is 0.682. The molecule has 0 bridgehead atoms. The first kappa shape index (κ1) is 15.7. The van der Waals surface area contributed by atoms with Gasteiger partial charge < -0.3 is 4.90 Å². The molecule has 1 aliphatic heterocycles. The lowest BCUT2D eigenvalue weighted by atomic mass is 9.99. The number of hydrogen-bond acceptors (Lipinski definition) is 4. The van der Waals surface area contributed by atoms with Crippen LogP contribution in [0.25, 0.3) is 0 Å². The molecule has 1 saturated heterocycles. The van der Waals surface area contributed by atoms with Crippen LogP contribution in [0.15, 0.2) is 17.1 Å². The Morgan fingerprint density at radius 2 is 2.10 bits per heavy atom. The zero-order valence-corrected chi connectivity index (χ0v) is 13.2. The monoisotopic (exact) mass is 291 g/mol. The zero-order valence-electron chi connectivity index (χ0n) is 13.2. The van der Waals surface area contributed by atoms with Crippen LogP contribution in [-0.2, 0) is 11.3 Å². The maximum Gasteiger partial charge on any atom is 0.269 e. The van der Waals surface area contributed by atoms with Crippen LogP contribution in [-0.4, -0.2) is 28.7 Å². The molecule has 5 heteroatoms. The Kier molecular flexibility index (Phi) is 5.15. The molecule has 0 aliphatic carbocycles. The van der Waals surface area contributed by atoms with Crippen molar-refractivity contribution >= 4 is 11.5 Å². The third-order valence-corrected chi connectivity index (χ3v) is 4.47. The first-order chi connectivity index (χ1) is 10.0. The number of aromatic nitrogens is 2. The summed E-state index contributed by atoms with van der Waals surface area (Å²) in [6, 6.07) is 1.60. The fraction of sp³-hybridized carbons (Fsp3) is 0.688. The molecule has 1 aliphatic rings. The molecule has 0 saturated carbocycles. The lowest BCUT2D eigenvalue weighted by Crippen LogP contribution is -2.35. The third kappa shape index (κ3) is 3.93. The van der Waals surface area contributed by atoms with E-state index in [0.717, 1.165) is 44.0 Å². The van der Waals surface area contributed by atoms with Gasteiger partial charge in [0, 0.05) is 25.1 Å². The van der Waals surface area contributed by atoms with Crippen molar-refractivity contribution in [2.45, 2.75) is 46.6 Å². The molecule has 116 valence electrons. The van der Waals surface area contributed by atoms with Crippen molar-refractivity contribution in [2.75, 3.05) is 18.0 Å². The number of Topliss-reactive ketones (excluding diaryl/α,β-unsaturated/α-hetero) is 1. The Balaban J connectivity index is 2.07. The highest BCUT2D eigenvalue weighted by Crippen LogP contribution is 2.20. The van der Waals surface area contributed by atoms with E-state index in [1.165, 1.54) is 4.68 Å². The van der Waals surface area contributed by atoms with Crippen molar-refractivity contribution < 1.29 is 4.79 Å². The Labute approximate surface area is 126 Å². The van der Waals surface area contributed by atoms with Gasteiger partial charge in [-0.05, 0) is 25.2 Å². The van der Waals surface area contributed by atoms with Crippen molar-refractivity contribution in [1.82, 2.24) is 9.78 Å². The van der Waals surface area contributed by atoms with Gasteiger partial charge in [-0.3, -0.25) is 9.59 Å². The number of piperidine rings is 1. The van der Waals surface area contributed by atoms with Crippen LogP contribution in [0.3, 0.4) is 0 Å². The average molecular weight is 291 g/mol. The predicted octanol–water partition coefficient (Wildman–Crippen LogP) is 2.09. The van der Waals surface area contributed by atoms with Crippen molar-refractivity contribution in [3.8, 4) is 0 Å². The molecule has 0 N–H and O–H groups in total. The van der Waals surface area contributed by atoms with Gasteiger partial charge in [-0.2, -0.15) is 5.10 Å². The highest BCUT2D eigenvalue weighted by Gasteiger charge is 2.18. The molecule has 1 aromatic rings. The van der Waals surface area contributed by atoms with Gasteiger partial charge in [0.25, 0.3) is 5.56 Å². The van der Waals surface area contributed by atoms with E-state index in [9.17, 15) is 9.59 Å². The number of nitrogens with zero attached hydrogens (tertiary/aromatic N) is 3. The normalized spacial score (nSPS) is 17.8. The van der Waals surface area contributed by atoms with Crippen LogP contribution in [0.1, 0.15) is 40.0 Å². The van der Waals surface area contributed by atoms with E-state index in [4.69, 9.17) is 0 Å². The number of carbonyl (C=O) groups excluding carboxylic acids is 1. The largest absolute Gasteiger partial charge is 0.370 e. The minimum absolute atomic E-state index is 0.0260. The molecule has 5 nitrogen and oxygen atoms in total. The number of hydrogen-bond donors (Lipinski definition) is 0. The van der Waals surface area contributed by atoms with Crippen LogP contribution in [0, 0.1) is 11.8 Å². The van der Waals surface area contributed by atoms with E-state index in [1.54, 1.807) is 12.3 Å². The molecule has 21 heavy (non-hydrogen) atoms. The second kappa shape index (κ2) is 6.87. The molecule has 2 heterocycles. The minimum Gasteiger partial charge on any atom is -0.370 e. The topological polar surface area (TPSA) is 55.2 Å². The Bertz CT molecular complexity index is 545. The van der Waals surface area contributed by atoms with Gasteiger partial charge in [0.05, 0.1) is 11.9 Å². The van der Waals surface area contributed by atoms with Crippen LogP contribution in [0.5, 0.6) is 0 Å². The van der Waals surface area contributed by atoms with E-state index in [2.05, 4.69) is 16.9 Å². The summed E-state index contributed by atoms with van der Waals surface area (Å²) in [7, 11) is 0. The summed E-state index contributed by atoms with van der Waals surface area (Å²) in [6.45, 7) is 8.13. The highest BCUT2D eigenvalue weighted by molar-refractivity contribution is 5.80. The van der Waals surface area contributed by atoms with Crippen molar-refractivity contribution in [3.63, 3.8) is 0 Å². The molecular formula is C16H25N3O2. The fourth-order valence-electron chi connectivity index (χ4n) is 2.51. The van der Waals surface area contributed by atoms with E-state index in [0.29, 0.717) is 0 Å². The summed E-state index contributed by atoms with van der Waals surface area (Å²) >= 11 is 0. The molecule has 2 rings (SSSR count). The lowest BCUT2D eigenvalue weighted by molar-refractivity contribution is -0.123. The second-order valence-electron chi connectivity index (χ2n) is 6.15. The predicted molar refractivity (Wildman–Crippen MR) is 83.6 cm³/mol. The fourth-order valence-corrected chi connectivity index (χ4v) is 2.51. The molecular weight excluding hydrogens is 266 g/mol. The standard InChI is InChI=1S/C16H25N3O2/c1-4-13(3)15(20)11-19-16(21)9-14(10-17-19)18-7-5-12(2)6-8-18/h9-10,12-13H,4-8,11H2,1-3H3. The smallest absolute Gasteiger partial charge is 0.269 e. The quantitative estimate of drug-likeness (QED) is 0.833. The van der Waals surface area contributed by atoms with Crippen molar-refractivity contribution in [2.24, 2.45) is 11.8 Å². The summed E-state index contributed by atoms with van der Waals surface area (Å²) in [5, 5.41) is 4.17. The molecule has 0 aromatic carbocycles. The van der Waals surface area contributed by atoms with Crippen LogP contribution < -0.4 is 10.5 Å². The van der Waals surface area contributed by atoms with Crippen LogP contribution >= 0.6 is 0 Å². The van der Waals surface area contributed by atoms with E-state index >= 15 is 0 Å². The summed E-state index contributed by atoms with van der Waals surface area (Å²) in [4.78, 5) is 26.2. The molecule has 0 spiro atoms. The SMILES string of the molecule is CCC(C)C(=O)Cn1ncc(N2CCC(C)CC2)cc1=O. The molecule has 1 unspecified atom stereocenters. The average Bonchev–Trinajstić information content (AvgIpc) is 2.49. The molecule has 1 aromatic heterocycles. The van der Waals surface area contributed by atoms with E-state index in [-0.39, 0.29) is 23.8 Å². The lowest BCUT2D eigenvalue weighted by Gasteiger charge is -2.31. The Hall–Kier alpha value is -1.65. The third-order valence-electron chi connectivity index (χ3n) is 4.47. The van der Waals surface area contributed by atoms with Gasteiger partial charge in [0.15, 0.2) is 5.78 Å². The summed E-state index contributed by atoms with van der Waals surface area (Å²) < 4.78 is 1.27. The van der Waals surface area contributed by atoms with E-state index in [1.807, 2.05) is 13.8 Å². The summed E-state index contributed by atoms with van der Waals surface area (Å²) in [6.07, 6.45) is 4.80. The molecule has 1 fully saturated rings. The van der Waals surface area contributed by atoms with Gasteiger partial charge in [-0.15, -0.1) is 0 Å².